The number of ether oxygens (including phenoxy) is 2. The molecule has 0 bridgehead atoms. The molecule has 0 aliphatic carbocycles. The lowest BCUT2D eigenvalue weighted by atomic mass is 10.0. The van der Waals surface area contributed by atoms with Crippen LogP contribution in [-0.2, 0) is 4.79 Å². The second kappa shape index (κ2) is 9.23. The number of hydrogen-bond donors (Lipinski definition) is 2. The van der Waals surface area contributed by atoms with Gasteiger partial charge in [-0.2, -0.15) is 0 Å². The predicted molar refractivity (Wildman–Crippen MR) is 83.5 cm³/mol. The maximum atomic E-state index is 11.7. The van der Waals surface area contributed by atoms with Gasteiger partial charge in [-0.05, 0) is 30.9 Å². The van der Waals surface area contributed by atoms with Crippen molar-refractivity contribution in [2.24, 2.45) is 11.7 Å². The topological polar surface area (TPSA) is 73.6 Å². The van der Waals surface area contributed by atoms with Gasteiger partial charge in [-0.25, -0.2) is 0 Å². The highest BCUT2D eigenvalue weighted by molar-refractivity contribution is 5.81. The molecule has 0 aliphatic heterocycles. The number of hydrogen-bond acceptors (Lipinski definition) is 4. The van der Waals surface area contributed by atoms with Crippen molar-refractivity contribution in [3.63, 3.8) is 0 Å². The Balaban J connectivity index is 2.18. The molecule has 0 heterocycles. The molecule has 0 saturated carbocycles. The van der Waals surface area contributed by atoms with Gasteiger partial charge in [0.05, 0.1) is 19.8 Å². The molecule has 1 rings (SSSR count). The third kappa shape index (κ3) is 6.99. The van der Waals surface area contributed by atoms with E-state index in [0.717, 1.165) is 17.9 Å². The first kappa shape index (κ1) is 17.3. The summed E-state index contributed by atoms with van der Waals surface area (Å²) in [7, 11) is 1.62. The van der Waals surface area contributed by atoms with Gasteiger partial charge in [0.25, 0.3) is 0 Å². The van der Waals surface area contributed by atoms with Gasteiger partial charge in [0.2, 0.25) is 5.91 Å². The summed E-state index contributed by atoms with van der Waals surface area (Å²) in [6.07, 6.45) is 1.43. The molecule has 21 heavy (non-hydrogen) atoms. The molecule has 118 valence electrons. The van der Waals surface area contributed by atoms with E-state index in [-0.39, 0.29) is 5.91 Å². The quantitative estimate of drug-likeness (QED) is 0.683. The smallest absolute Gasteiger partial charge is 0.236 e. The van der Waals surface area contributed by atoms with Crippen molar-refractivity contribution >= 4 is 5.91 Å². The van der Waals surface area contributed by atoms with E-state index in [1.165, 1.54) is 0 Å². The Morgan fingerprint density at radius 1 is 1.33 bits per heavy atom. The molecular formula is C16H26N2O3. The highest BCUT2D eigenvalue weighted by Crippen LogP contribution is 2.18. The molecule has 0 aliphatic rings. The highest BCUT2D eigenvalue weighted by Gasteiger charge is 2.13. The van der Waals surface area contributed by atoms with Crippen LogP contribution in [0.3, 0.4) is 0 Å². The van der Waals surface area contributed by atoms with Crippen LogP contribution in [0.5, 0.6) is 11.5 Å². The minimum absolute atomic E-state index is 0.0925. The van der Waals surface area contributed by atoms with Crippen LogP contribution >= 0.6 is 0 Å². The Morgan fingerprint density at radius 3 is 2.71 bits per heavy atom. The van der Waals surface area contributed by atoms with Gasteiger partial charge in [-0.15, -0.1) is 0 Å². The zero-order chi connectivity index (χ0) is 15.7. The van der Waals surface area contributed by atoms with Gasteiger partial charge in [-0.3, -0.25) is 4.79 Å². The van der Waals surface area contributed by atoms with Gasteiger partial charge in [0, 0.05) is 12.6 Å². The maximum absolute atomic E-state index is 11.7. The van der Waals surface area contributed by atoms with E-state index in [1.54, 1.807) is 7.11 Å². The first-order valence-electron chi connectivity index (χ1n) is 7.33. The normalized spacial score (nSPS) is 12.0. The molecule has 0 radical (unpaired) electrons. The van der Waals surface area contributed by atoms with Gasteiger partial charge >= 0.3 is 0 Å². The third-order valence-electron chi connectivity index (χ3n) is 2.99. The predicted octanol–water partition coefficient (Wildman–Crippen LogP) is 1.95. The average Bonchev–Trinajstić information content (AvgIpc) is 2.46. The zero-order valence-electron chi connectivity index (χ0n) is 13.1. The Kier molecular flexibility index (Phi) is 7.61. The Labute approximate surface area is 126 Å². The molecule has 3 N–H and O–H groups in total. The van der Waals surface area contributed by atoms with E-state index in [9.17, 15) is 4.79 Å². The van der Waals surface area contributed by atoms with Crippen LogP contribution in [0.25, 0.3) is 0 Å². The molecule has 0 saturated heterocycles. The van der Waals surface area contributed by atoms with Crippen LogP contribution < -0.4 is 20.5 Å². The monoisotopic (exact) mass is 294 g/mol. The highest BCUT2D eigenvalue weighted by atomic mass is 16.5. The van der Waals surface area contributed by atoms with Crippen molar-refractivity contribution in [3.8, 4) is 11.5 Å². The van der Waals surface area contributed by atoms with Crippen LogP contribution in [0.2, 0.25) is 0 Å². The molecule has 0 unspecified atom stereocenters. The lowest BCUT2D eigenvalue weighted by molar-refractivity contribution is -0.122. The number of nitrogens with one attached hydrogen (secondary N) is 1. The van der Waals surface area contributed by atoms with E-state index in [2.05, 4.69) is 19.2 Å². The maximum Gasteiger partial charge on any atom is 0.236 e. The van der Waals surface area contributed by atoms with Crippen LogP contribution in [0.15, 0.2) is 24.3 Å². The molecule has 1 atom stereocenters. The number of rotatable bonds is 9. The largest absolute Gasteiger partial charge is 0.497 e. The van der Waals surface area contributed by atoms with Crippen molar-refractivity contribution in [2.75, 3.05) is 20.3 Å². The van der Waals surface area contributed by atoms with E-state index in [1.807, 2.05) is 24.3 Å². The van der Waals surface area contributed by atoms with Gasteiger partial charge in [-0.1, -0.05) is 19.9 Å². The lowest BCUT2D eigenvalue weighted by Crippen LogP contribution is -2.41. The summed E-state index contributed by atoms with van der Waals surface area (Å²) in [6, 6.07) is 7.02. The molecule has 0 fully saturated rings. The van der Waals surface area contributed by atoms with E-state index in [4.69, 9.17) is 15.2 Å². The van der Waals surface area contributed by atoms with Gasteiger partial charge in [0.15, 0.2) is 0 Å². The summed E-state index contributed by atoms with van der Waals surface area (Å²) in [5.41, 5.74) is 5.80. The number of carbonyl (C=O) groups is 1. The van der Waals surface area contributed by atoms with Crippen molar-refractivity contribution in [3.05, 3.63) is 24.3 Å². The van der Waals surface area contributed by atoms with Crippen LogP contribution in [0.1, 0.15) is 26.7 Å². The van der Waals surface area contributed by atoms with Crippen molar-refractivity contribution in [1.82, 2.24) is 5.32 Å². The fourth-order valence-corrected chi connectivity index (χ4v) is 1.91. The van der Waals surface area contributed by atoms with E-state index < -0.39 is 6.04 Å². The van der Waals surface area contributed by atoms with Crippen LogP contribution in [0.4, 0.5) is 0 Å². The minimum Gasteiger partial charge on any atom is -0.497 e. The summed E-state index contributed by atoms with van der Waals surface area (Å²) < 4.78 is 10.7. The second-order valence-corrected chi connectivity index (χ2v) is 5.41. The number of methoxy groups -OCH3 is 1. The minimum atomic E-state index is -0.427. The average molecular weight is 294 g/mol. The number of amides is 1. The first-order valence-corrected chi connectivity index (χ1v) is 7.33. The van der Waals surface area contributed by atoms with E-state index >= 15 is 0 Å². The molecule has 1 aromatic carbocycles. The standard InChI is InChI=1S/C16H26N2O3/c1-12(2)10-15(17)16(19)18-8-5-9-21-14-7-4-6-13(11-14)20-3/h4,6-7,11-12,15H,5,8-10,17H2,1-3H3,(H,18,19)/t15-/m0/s1. The molecule has 5 heteroatoms. The summed E-state index contributed by atoms with van der Waals surface area (Å²) >= 11 is 0. The number of carbonyl (C=O) groups excluding carboxylic acids is 1. The number of nitrogens with two attached hydrogens (primary N) is 1. The molecule has 5 nitrogen and oxygen atoms in total. The summed E-state index contributed by atoms with van der Waals surface area (Å²) in [4.78, 5) is 11.7. The Hall–Kier alpha value is -1.75. The second-order valence-electron chi connectivity index (χ2n) is 5.41. The fraction of sp³-hybridized carbons (Fsp3) is 0.562. The van der Waals surface area contributed by atoms with Crippen LogP contribution in [-0.4, -0.2) is 32.2 Å². The molecule has 0 aromatic heterocycles. The van der Waals surface area contributed by atoms with Crippen molar-refractivity contribution in [1.29, 1.82) is 0 Å². The summed E-state index contributed by atoms with van der Waals surface area (Å²) in [5.74, 6) is 1.85. The van der Waals surface area contributed by atoms with Crippen molar-refractivity contribution < 1.29 is 14.3 Å². The Morgan fingerprint density at radius 2 is 2.05 bits per heavy atom. The number of benzene rings is 1. The van der Waals surface area contributed by atoms with Gasteiger partial charge < -0.3 is 20.5 Å². The lowest BCUT2D eigenvalue weighted by Gasteiger charge is -2.14. The SMILES string of the molecule is COc1cccc(OCCCNC(=O)[C@@H](N)CC(C)C)c1. The summed E-state index contributed by atoms with van der Waals surface area (Å²) in [6.45, 7) is 5.20. The van der Waals surface area contributed by atoms with Crippen LogP contribution in [0, 0.1) is 5.92 Å². The fourth-order valence-electron chi connectivity index (χ4n) is 1.91. The Bertz CT molecular complexity index is 435. The van der Waals surface area contributed by atoms with Crippen molar-refractivity contribution in [2.45, 2.75) is 32.7 Å². The molecule has 0 spiro atoms. The molecule has 1 amide bonds. The zero-order valence-corrected chi connectivity index (χ0v) is 13.1. The molecular weight excluding hydrogens is 268 g/mol. The summed E-state index contributed by atoms with van der Waals surface area (Å²) in [5, 5.41) is 2.83. The third-order valence-corrected chi connectivity index (χ3v) is 2.99. The first-order chi connectivity index (χ1) is 10.0. The van der Waals surface area contributed by atoms with Gasteiger partial charge in [0.1, 0.15) is 11.5 Å². The van der Waals surface area contributed by atoms with E-state index in [0.29, 0.717) is 25.5 Å². The molecule has 1 aromatic rings.